The van der Waals surface area contributed by atoms with Gasteiger partial charge in [-0.3, -0.25) is 4.99 Å². The van der Waals surface area contributed by atoms with Gasteiger partial charge in [0.05, 0.1) is 6.10 Å². The summed E-state index contributed by atoms with van der Waals surface area (Å²) in [5.74, 6) is 1.28. The standard InChI is InChI=1S/C19H24FN3O/c1-14(2)24-18-9-5-7-16(11-18)13-23-19(21-3)22-12-15-6-4-8-17(20)10-15/h4-11,14H,12-13H2,1-3H3,(H2,21,22,23). The molecule has 0 saturated heterocycles. The summed E-state index contributed by atoms with van der Waals surface area (Å²) in [6, 6.07) is 14.5. The van der Waals surface area contributed by atoms with Crippen molar-refractivity contribution in [3.05, 3.63) is 65.5 Å². The summed E-state index contributed by atoms with van der Waals surface area (Å²) in [6.07, 6.45) is 0.147. The molecule has 0 aromatic heterocycles. The molecule has 0 amide bonds. The van der Waals surface area contributed by atoms with Gasteiger partial charge in [-0.1, -0.05) is 24.3 Å². The minimum absolute atomic E-state index is 0.147. The quantitative estimate of drug-likeness (QED) is 0.630. The Morgan fingerprint density at radius 2 is 1.67 bits per heavy atom. The van der Waals surface area contributed by atoms with Crippen LogP contribution >= 0.6 is 0 Å². The van der Waals surface area contributed by atoms with Crippen molar-refractivity contribution in [1.82, 2.24) is 10.6 Å². The van der Waals surface area contributed by atoms with Crippen molar-refractivity contribution in [3.8, 4) is 5.75 Å². The monoisotopic (exact) mass is 329 g/mol. The lowest BCUT2D eigenvalue weighted by Crippen LogP contribution is -2.36. The molecule has 0 aliphatic rings. The van der Waals surface area contributed by atoms with Crippen molar-refractivity contribution in [2.75, 3.05) is 7.05 Å². The summed E-state index contributed by atoms with van der Waals surface area (Å²) in [7, 11) is 1.71. The topological polar surface area (TPSA) is 45.7 Å². The first-order valence-corrected chi connectivity index (χ1v) is 8.01. The van der Waals surface area contributed by atoms with E-state index in [9.17, 15) is 4.39 Å². The third-order valence-corrected chi connectivity index (χ3v) is 3.30. The van der Waals surface area contributed by atoms with Gasteiger partial charge in [0.1, 0.15) is 11.6 Å². The third kappa shape index (κ3) is 5.91. The molecule has 0 atom stereocenters. The van der Waals surface area contributed by atoms with Crippen LogP contribution in [0.2, 0.25) is 0 Å². The van der Waals surface area contributed by atoms with Gasteiger partial charge < -0.3 is 15.4 Å². The van der Waals surface area contributed by atoms with Crippen molar-refractivity contribution >= 4 is 5.96 Å². The highest BCUT2D eigenvalue weighted by Crippen LogP contribution is 2.14. The normalized spacial score (nSPS) is 11.5. The molecule has 2 aromatic carbocycles. The van der Waals surface area contributed by atoms with E-state index in [0.717, 1.165) is 16.9 Å². The predicted molar refractivity (Wildman–Crippen MR) is 95.6 cm³/mol. The van der Waals surface area contributed by atoms with E-state index in [1.807, 2.05) is 44.2 Å². The number of aliphatic imine (C=N–C) groups is 1. The SMILES string of the molecule is CN=C(NCc1cccc(F)c1)NCc1cccc(OC(C)C)c1. The van der Waals surface area contributed by atoms with Crippen molar-refractivity contribution in [3.63, 3.8) is 0 Å². The minimum Gasteiger partial charge on any atom is -0.491 e. The second kappa shape index (κ2) is 8.91. The van der Waals surface area contributed by atoms with Crippen LogP contribution in [0.25, 0.3) is 0 Å². The van der Waals surface area contributed by atoms with Crippen LogP contribution < -0.4 is 15.4 Å². The Morgan fingerprint density at radius 1 is 1.04 bits per heavy atom. The Balaban J connectivity index is 1.87. The smallest absolute Gasteiger partial charge is 0.191 e. The van der Waals surface area contributed by atoms with Crippen LogP contribution in [0.5, 0.6) is 5.75 Å². The Labute approximate surface area is 142 Å². The molecule has 2 rings (SSSR count). The number of guanidine groups is 1. The van der Waals surface area contributed by atoms with Crippen LogP contribution in [0.15, 0.2) is 53.5 Å². The largest absolute Gasteiger partial charge is 0.491 e. The molecule has 0 aliphatic carbocycles. The van der Waals surface area contributed by atoms with E-state index in [1.165, 1.54) is 12.1 Å². The summed E-state index contributed by atoms with van der Waals surface area (Å²) in [5, 5.41) is 6.41. The number of halogens is 1. The van der Waals surface area contributed by atoms with Crippen LogP contribution in [0, 0.1) is 5.82 Å². The summed E-state index contributed by atoms with van der Waals surface area (Å²) in [5.41, 5.74) is 1.96. The number of nitrogens with zero attached hydrogens (tertiary/aromatic N) is 1. The predicted octanol–water partition coefficient (Wildman–Crippen LogP) is 3.48. The molecule has 2 N–H and O–H groups in total. The Kier molecular flexibility index (Phi) is 6.61. The van der Waals surface area contributed by atoms with Gasteiger partial charge in [-0.25, -0.2) is 4.39 Å². The fourth-order valence-corrected chi connectivity index (χ4v) is 2.24. The van der Waals surface area contributed by atoms with Crippen molar-refractivity contribution < 1.29 is 9.13 Å². The highest BCUT2D eigenvalue weighted by molar-refractivity contribution is 5.79. The van der Waals surface area contributed by atoms with Crippen molar-refractivity contribution in [2.24, 2.45) is 4.99 Å². The number of rotatable bonds is 6. The number of ether oxygens (including phenoxy) is 1. The second-order valence-electron chi connectivity index (χ2n) is 5.72. The van der Waals surface area contributed by atoms with Gasteiger partial charge in [0, 0.05) is 20.1 Å². The molecular weight excluding hydrogens is 305 g/mol. The molecule has 5 heteroatoms. The van der Waals surface area contributed by atoms with Crippen LogP contribution in [0.3, 0.4) is 0 Å². The Bertz CT molecular complexity index is 686. The molecule has 0 heterocycles. The summed E-state index contributed by atoms with van der Waals surface area (Å²) in [6.45, 7) is 5.14. The van der Waals surface area contributed by atoms with E-state index in [0.29, 0.717) is 19.0 Å². The molecule has 2 aromatic rings. The lowest BCUT2D eigenvalue weighted by atomic mass is 10.2. The van der Waals surface area contributed by atoms with Gasteiger partial charge in [-0.05, 0) is 49.2 Å². The molecule has 0 aliphatic heterocycles. The molecule has 128 valence electrons. The lowest BCUT2D eigenvalue weighted by molar-refractivity contribution is 0.242. The van der Waals surface area contributed by atoms with E-state index in [1.54, 1.807) is 13.1 Å². The van der Waals surface area contributed by atoms with Crippen LogP contribution in [0.1, 0.15) is 25.0 Å². The molecule has 24 heavy (non-hydrogen) atoms. The first-order chi connectivity index (χ1) is 11.6. The van der Waals surface area contributed by atoms with Gasteiger partial charge in [-0.2, -0.15) is 0 Å². The summed E-state index contributed by atoms with van der Waals surface area (Å²) < 4.78 is 18.9. The van der Waals surface area contributed by atoms with E-state index in [2.05, 4.69) is 15.6 Å². The van der Waals surface area contributed by atoms with E-state index < -0.39 is 0 Å². The average Bonchev–Trinajstić information content (AvgIpc) is 2.55. The third-order valence-electron chi connectivity index (χ3n) is 3.30. The van der Waals surface area contributed by atoms with Crippen LogP contribution in [-0.4, -0.2) is 19.1 Å². The van der Waals surface area contributed by atoms with E-state index >= 15 is 0 Å². The second-order valence-corrected chi connectivity index (χ2v) is 5.72. The van der Waals surface area contributed by atoms with Crippen LogP contribution in [0.4, 0.5) is 4.39 Å². The zero-order valence-electron chi connectivity index (χ0n) is 14.3. The molecule has 0 fully saturated rings. The van der Waals surface area contributed by atoms with E-state index in [-0.39, 0.29) is 11.9 Å². The summed E-state index contributed by atoms with van der Waals surface area (Å²) >= 11 is 0. The highest BCUT2D eigenvalue weighted by atomic mass is 19.1. The zero-order valence-corrected chi connectivity index (χ0v) is 14.3. The Hall–Kier alpha value is -2.56. The Morgan fingerprint density at radius 3 is 2.25 bits per heavy atom. The van der Waals surface area contributed by atoms with Gasteiger partial charge in [0.15, 0.2) is 5.96 Å². The van der Waals surface area contributed by atoms with Crippen LogP contribution in [-0.2, 0) is 13.1 Å². The molecule has 0 spiro atoms. The number of nitrogens with one attached hydrogen (secondary N) is 2. The molecule has 4 nitrogen and oxygen atoms in total. The summed E-state index contributed by atoms with van der Waals surface area (Å²) in [4.78, 5) is 4.18. The van der Waals surface area contributed by atoms with Gasteiger partial charge in [0.25, 0.3) is 0 Å². The van der Waals surface area contributed by atoms with E-state index in [4.69, 9.17) is 4.74 Å². The maximum atomic E-state index is 13.2. The maximum Gasteiger partial charge on any atom is 0.191 e. The molecule has 0 radical (unpaired) electrons. The average molecular weight is 329 g/mol. The fourth-order valence-electron chi connectivity index (χ4n) is 2.24. The first kappa shape index (κ1) is 17.8. The highest BCUT2D eigenvalue weighted by Gasteiger charge is 2.02. The zero-order chi connectivity index (χ0) is 17.4. The van der Waals surface area contributed by atoms with Gasteiger partial charge in [0.2, 0.25) is 0 Å². The molecular formula is C19H24FN3O. The molecule has 0 saturated carbocycles. The first-order valence-electron chi connectivity index (χ1n) is 8.01. The number of benzene rings is 2. The number of hydrogen-bond donors (Lipinski definition) is 2. The molecule has 0 bridgehead atoms. The number of hydrogen-bond acceptors (Lipinski definition) is 2. The molecule has 0 unspecified atom stereocenters. The van der Waals surface area contributed by atoms with Crippen molar-refractivity contribution in [2.45, 2.75) is 33.0 Å². The minimum atomic E-state index is -0.237. The van der Waals surface area contributed by atoms with Gasteiger partial charge in [-0.15, -0.1) is 0 Å². The maximum absolute atomic E-state index is 13.2. The van der Waals surface area contributed by atoms with Crippen molar-refractivity contribution in [1.29, 1.82) is 0 Å². The fraction of sp³-hybridized carbons (Fsp3) is 0.316. The van der Waals surface area contributed by atoms with Gasteiger partial charge >= 0.3 is 0 Å². The lowest BCUT2D eigenvalue weighted by Gasteiger charge is -2.14.